The van der Waals surface area contributed by atoms with Gasteiger partial charge >= 0.3 is 5.97 Å². The first-order valence-corrected chi connectivity index (χ1v) is 7.62. The van der Waals surface area contributed by atoms with E-state index in [-0.39, 0.29) is 11.4 Å². The van der Waals surface area contributed by atoms with Crippen LogP contribution >= 0.6 is 15.9 Å². The van der Waals surface area contributed by atoms with Gasteiger partial charge in [-0.25, -0.2) is 13.1 Å². The number of carbonyl (C=O) groups is 1. The highest BCUT2D eigenvalue weighted by molar-refractivity contribution is 9.10. The molecule has 18 heavy (non-hydrogen) atoms. The third-order valence-electron chi connectivity index (χ3n) is 3.01. The maximum Gasteiger partial charge on any atom is 0.310 e. The van der Waals surface area contributed by atoms with E-state index < -0.39 is 21.4 Å². The minimum atomic E-state index is -3.65. The van der Waals surface area contributed by atoms with Crippen molar-refractivity contribution in [1.82, 2.24) is 4.72 Å². The van der Waals surface area contributed by atoms with Crippen LogP contribution in [0, 0.1) is 5.41 Å². The van der Waals surface area contributed by atoms with Crippen LogP contribution in [0.15, 0.2) is 33.6 Å². The summed E-state index contributed by atoms with van der Waals surface area (Å²) in [5.41, 5.74) is -0.904. The summed E-state index contributed by atoms with van der Waals surface area (Å²) in [5, 5.41) is 8.97. The molecule has 0 radical (unpaired) electrons. The number of rotatable bonds is 5. The zero-order valence-corrected chi connectivity index (χ0v) is 11.8. The number of nitrogens with one attached hydrogen (secondary N) is 1. The molecule has 0 atom stereocenters. The van der Waals surface area contributed by atoms with Crippen molar-refractivity contribution < 1.29 is 18.3 Å². The maximum absolute atomic E-state index is 12.0. The summed E-state index contributed by atoms with van der Waals surface area (Å²) in [6.45, 7) is -0.0584. The average molecular weight is 334 g/mol. The van der Waals surface area contributed by atoms with Gasteiger partial charge in [0.05, 0.1) is 10.3 Å². The number of carboxylic acids is 1. The molecular formula is C11H12BrNO4S. The van der Waals surface area contributed by atoms with Crippen LogP contribution < -0.4 is 4.72 Å². The molecule has 0 spiro atoms. The molecule has 1 saturated carbocycles. The van der Waals surface area contributed by atoms with Crippen LogP contribution in [0.3, 0.4) is 0 Å². The summed E-state index contributed by atoms with van der Waals surface area (Å²) >= 11 is 3.19. The smallest absolute Gasteiger partial charge is 0.310 e. The monoisotopic (exact) mass is 333 g/mol. The molecule has 0 unspecified atom stereocenters. The van der Waals surface area contributed by atoms with Gasteiger partial charge in [0.25, 0.3) is 0 Å². The Bertz CT molecular complexity index is 580. The van der Waals surface area contributed by atoms with Crippen LogP contribution in [0.2, 0.25) is 0 Å². The average Bonchev–Trinajstić information content (AvgIpc) is 3.07. The molecule has 0 heterocycles. The first-order chi connectivity index (χ1) is 8.36. The normalized spacial score (nSPS) is 17.4. The molecule has 2 N–H and O–H groups in total. The van der Waals surface area contributed by atoms with Crippen molar-refractivity contribution in [3.8, 4) is 0 Å². The van der Waals surface area contributed by atoms with Crippen molar-refractivity contribution in [2.75, 3.05) is 6.54 Å². The molecule has 0 saturated heterocycles. The molecule has 2 rings (SSSR count). The van der Waals surface area contributed by atoms with E-state index in [2.05, 4.69) is 20.7 Å². The second-order valence-corrected chi connectivity index (χ2v) is 7.05. The summed E-state index contributed by atoms with van der Waals surface area (Å²) in [6, 6.07) is 6.28. The van der Waals surface area contributed by atoms with E-state index in [9.17, 15) is 13.2 Å². The molecular weight excluding hydrogens is 322 g/mol. The maximum atomic E-state index is 12.0. The zero-order valence-electron chi connectivity index (χ0n) is 9.39. The van der Waals surface area contributed by atoms with Gasteiger partial charge in [-0.05, 0) is 31.0 Å². The fourth-order valence-corrected chi connectivity index (χ4v) is 3.29. The van der Waals surface area contributed by atoms with Crippen molar-refractivity contribution in [1.29, 1.82) is 0 Å². The molecule has 0 bridgehead atoms. The summed E-state index contributed by atoms with van der Waals surface area (Å²) in [7, 11) is -3.65. The Labute approximate surface area is 113 Å². The van der Waals surface area contributed by atoms with E-state index in [1.165, 1.54) is 12.1 Å². The predicted octanol–water partition coefficient (Wildman–Crippen LogP) is 1.59. The van der Waals surface area contributed by atoms with E-state index in [4.69, 9.17) is 5.11 Å². The number of hydrogen-bond acceptors (Lipinski definition) is 3. The molecule has 1 aliphatic carbocycles. The van der Waals surface area contributed by atoms with E-state index in [1.54, 1.807) is 12.1 Å². The Kier molecular flexibility index (Phi) is 3.48. The van der Waals surface area contributed by atoms with Crippen molar-refractivity contribution in [3.63, 3.8) is 0 Å². The first kappa shape index (κ1) is 13.5. The lowest BCUT2D eigenvalue weighted by Crippen LogP contribution is -2.34. The molecule has 1 aromatic carbocycles. The minimum Gasteiger partial charge on any atom is -0.481 e. The number of aliphatic carboxylic acids is 1. The SMILES string of the molecule is O=C(O)C1(CNS(=O)(=O)c2cccc(Br)c2)CC1. The summed E-state index contributed by atoms with van der Waals surface area (Å²) in [6.07, 6.45) is 1.03. The molecule has 0 aromatic heterocycles. The zero-order chi connectivity index (χ0) is 13.4. The highest BCUT2D eigenvalue weighted by atomic mass is 79.9. The summed E-state index contributed by atoms with van der Waals surface area (Å²) in [5.74, 6) is -0.945. The fourth-order valence-electron chi connectivity index (χ4n) is 1.57. The van der Waals surface area contributed by atoms with Gasteiger partial charge in [0.15, 0.2) is 0 Å². The lowest BCUT2D eigenvalue weighted by molar-refractivity contribution is -0.143. The first-order valence-electron chi connectivity index (χ1n) is 5.34. The lowest BCUT2D eigenvalue weighted by Gasteiger charge is -2.11. The molecule has 1 aliphatic rings. The van der Waals surface area contributed by atoms with Crippen LogP contribution in [0.25, 0.3) is 0 Å². The van der Waals surface area contributed by atoms with E-state index in [0.29, 0.717) is 17.3 Å². The van der Waals surface area contributed by atoms with Gasteiger partial charge in [0, 0.05) is 11.0 Å². The topological polar surface area (TPSA) is 83.5 Å². The molecule has 0 amide bonds. The molecule has 0 aliphatic heterocycles. The van der Waals surface area contributed by atoms with Gasteiger partial charge in [-0.15, -0.1) is 0 Å². The van der Waals surface area contributed by atoms with Gasteiger partial charge < -0.3 is 5.11 Å². The second-order valence-electron chi connectivity index (χ2n) is 4.37. The Morgan fingerprint density at radius 1 is 1.44 bits per heavy atom. The van der Waals surface area contributed by atoms with Gasteiger partial charge in [0.2, 0.25) is 10.0 Å². The molecule has 5 nitrogen and oxygen atoms in total. The van der Waals surface area contributed by atoms with Crippen LogP contribution in [0.1, 0.15) is 12.8 Å². The highest BCUT2D eigenvalue weighted by Crippen LogP contribution is 2.45. The van der Waals surface area contributed by atoms with Crippen molar-refractivity contribution in [2.24, 2.45) is 5.41 Å². The largest absolute Gasteiger partial charge is 0.481 e. The Morgan fingerprint density at radius 3 is 2.61 bits per heavy atom. The Balaban J connectivity index is 2.11. The quantitative estimate of drug-likeness (QED) is 0.857. The van der Waals surface area contributed by atoms with Gasteiger partial charge in [-0.2, -0.15) is 0 Å². The molecule has 98 valence electrons. The summed E-state index contributed by atoms with van der Waals surface area (Å²) < 4.78 is 26.9. The van der Waals surface area contributed by atoms with E-state index in [0.717, 1.165) is 0 Å². The number of hydrogen-bond donors (Lipinski definition) is 2. The Hall–Kier alpha value is -0.920. The van der Waals surface area contributed by atoms with Crippen molar-refractivity contribution in [2.45, 2.75) is 17.7 Å². The lowest BCUT2D eigenvalue weighted by atomic mass is 10.1. The van der Waals surface area contributed by atoms with Gasteiger partial charge in [-0.3, -0.25) is 4.79 Å². The van der Waals surface area contributed by atoms with E-state index in [1.807, 2.05) is 0 Å². The van der Waals surface area contributed by atoms with Gasteiger partial charge in [-0.1, -0.05) is 22.0 Å². The fraction of sp³-hybridized carbons (Fsp3) is 0.364. The van der Waals surface area contributed by atoms with Crippen LogP contribution in [-0.4, -0.2) is 26.0 Å². The number of sulfonamides is 1. The van der Waals surface area contributed by atoms with Crippen molar-refractivity contribution in [3.05, 3.63) is 28.7 Å². The third kappa shape index (κ3) is 2.73. The van der Waals surface area contributed by atoms with Crippen molar-refractivity contribution >= 4 is 31.9 Å². The number of halogens is 1. The molecule has 1 fully saturated rings. The van der Waals surface area contributed by atoms with Gasteiger partial charge in [0.1, 0.15) is 0 Å². The number of carboxylic acid groups (broad SMARTS) is 1. The minimum absolute atomic E-state index is 0.0584. The standard InChI is InChI=1S/C11H12BrNO4S/c12-8-2-1-3-9(6-8)18(16,17)13-7-11(4-5-11)10(14)15/h1-3,6,13H,4-5,7H2,(H,14,15). The second kappa shape index (κ2) is 4.64. The Morgan fingerprint density at radius 2 is 2.11 bits per heavy atom. The predicted molar refractivity (Wildman–Crippen MR) is 68.6 cm³/mol. The van der Waals surface area contributed by atoms with Crippen LogP contribution in [0.5, 0.6) is 0 Å². The molecule has 1 aromatic rings. The molecule has 7 heteroatoms. The summed E-state index contributed by atoms with van der Waals surface area (Å²) in [4.78, 5) is 11.1. The third-order valence-corrected chi connectivity index (χ3v) is 4.91. The number of benzene rings is 1. The van der Waals surface area contributed by atoms with Crippen LogP contribution in [0.4, 0.5) is 0 Å². The van der Waals surface area contributed by atoms with Crippen LogP contribution in [-0.2, 0) is 14.8 Å². The van der Waals surface area contributed by atoms with E-state index >= 15 is 0 Å². The highest BCUT2D eigenvalue weighted by Gasteiger charge is 2.50.